The van der Waals surface area contributed by atoms with Crippen LogP contribution in [0, 0.1) is 13.8 Å². The molecule has 0 N–H and O–H groups in total. The standard InChI is InChI=1S/C26H22N2O3S2/c1-4-28-25(30)23-20(17-8-6-5-7-9-17)14-32-24(23)27-26(28)33-13-18-12-22(29)31-21-11-16(3)15(2)10-19(18)21/h5-12,14H,4,13H2,1-3H3. The molecule has 0 amide bonds. The molecule has 7 heteroatoms. The molecule has 3 heterocycles. The molecule has 5 nitrogen and oxygen atoms in total. The first-order valence-corrected chi connectivity index (χ1v) is 12.6. The zero-order chi connectivity index (χ0) is 23.1. The van der Waals surface area contributed by atoms with Crippen LogP contribution in [-0.4, -0.2) is 9.55 Å². The molecular formula is C26H22N2O3S2. The Labute approximate surface area is 198 Å². The summed E-state index contributed by atoms with van der Waals surface area (Å²) in [6.07, 6.45) is 0. The number of fused-ring (bicyclic) bond motifs is 2. The van der Waals surface area contributed by atoms with E-state index in [9.17, 15) is 9.59 Å². The van der Waals surface area contributed by atoms with Gasteiger partial charge in [-0.1, -0.05) is 42.1 Å². The van der Waals surface area contributed by atoms with Crippen molar-refractivity contribution >= 4 is 44.3 Å². The number of rotatable bonds is 5. The van der Waals surface area contributed by atoms with E-state index in [1.807, 2.05) is 62.5 Å². The quantitative estimate of drug-likeness (QED) is 0.173. The van der Waals surface area contributed by atoms with Gasteiger partial charge >= 0.3 is 5.63 Å². The van der Waals surface area contributed by atoms with Gasteiger partial charge in [-0.15, -0.1) is 11.3 Å². The second-order valence-corrected chi connectivity index (χ2v) is 9.75. The molecule has 5 rings (SSSR count). The molecule has 3 aromatic heterocycles. The third-order valence-electron chi connectivity index (χ3n) is 5.86. The van der Waals surface area contributed by atoms with Gasteiger partial charge in [-0.05, 0) is 55.2 Å². The van der Waals surface area contributed by atoms with E-state index in [1.54, 1.807) is 4.57 Å². The van der Waals surface area contributed by atoms with Crippen LogP contribution in [-0.2, 0) is 12.3 Å². The van der Waals surface area contributed by atoms with Crippen molar-refractivity contribution in [3.63, 3.8) is 0 Å². The van der Waals surface area contributed by atoms with Gasteiger partial charge in [0.05, 0.1) is 5.39 Å². The fourth-order valence-electron chi connectivity index (χ4n) is 3.97. The average molecular weight is 475 g/mol. The van der Waals surface area contributed by atoms with Gasteiger partial charge in [-0.25, -0.2) is 9.78 Å². The molecule has 2 aromatic carbocycles. The number of hydrogen-bond acceptors (Lipinski definition) is 6. The van der Waals surface area contributed by atoms with Crippen LogP contribution in [0.3, 0.4) is 0 Å². The van der Waals surface area contributed by atoms with Gasteiger partial charge in [0.15, 0.2) is 5.16 Å². The second-order valence-electron chi connectivity index (χ2n) is 7.95. The predicted molar refractivity (Wildman–Crippen MR) is 137 cm³/mol. The van der Waals surface area contributed by atoms with Crippen LogP contribution in [0.5, 0.6) is 0 Å². The molecule has 0 aliphatic carbocycles. The fraction of sp³-hybridized carbons (Fsp3) is 0.192. The molecule has 0 saturated carbocycles. The Morgan fingerprint density at radius 2 is 1.82 bits per heavy atom. The van der Waals surface area contributed by atoms with Crippen molar-refractivity contribution in [2.45, 2.75) is 38.2 Å². The van der Waals surface area contributed by atoms with Crippen LogP contribution >= 0.6 is 23.1 Å². The molecule has 166 valence electrons. The second kappa shape index (κ2) is 8.65. The van der Waals surface area contributed by atoms with Crippen LogP contribution in [0.25, 0.3) is 32.3 Å². The van der Waals surface area contributed by atoms with Crippen LogP contribution in [0.1, 0.15) is 23.6 Å². The maximum absolute atomic E-state index is 13.4. The highest BCUT2D eigenvalue weighted by molar-refractivity contribution is 7.98. The summed E-state index contributed by atoms with van der Waals surface area (Å²) < 4.78 is 7.14. The molecule has 0 unspecified atom stereocenters. The molecule has 0 bridgehead atoms. The summed E-state index contributed by atoms with van der Waals surface area (Å²) in [5, 5.41) is 4.24. The molecule has 5 aromatic rings. The molecule has 0 fully saturated rings. The minimum absolute atomic E-state index is 0.0333. The lowest BCUT2D eigenvalue weighted by Gasteiger charge is -2.12. The number of nitrogens with zero attached hydrogens (tertiary/aromatic N) is 2. The largest absolute Gasteiger partial charge is 0.423 e. The molecule has 33 heavy (non-hydrogen) atoms. The highest BCUT2D eigenvalue weighted by Gasteiger charge is 2.17. The third-order valence-corrected chi connectivity index (χ3v) is 7.76. The zero-order valence-electron chi connectivity index (χ0n) is 18.5. The Hall–Kier alpha value is -3.16. The van der Waals surface area contributed by atoms with Gasteiger partial charge in [0.1, 0.15) is 10.4 Å². The zero-order valence-corrected chi connectivity index (χ0v) is 20.2. The number of hydrogen-bond donors (Lipinski definition) is 0. The van der Waals surface area contributed by atoms with Crippen molar-refractivity contribution in [2.24, 2.45) is 0 Å². The van der Waals surface area contributed by atoms with E-state index in [2.05, 4.69) is 6.07 Å². The maximum Gasteiger partial charge on any atom is 0.336 e. The molecule has 0 spiro atoms. The Morgan fingerprint density at radius 3 is 2.58 bits per heavy atom. The monoisotopic (exact) mass is 474 g/mol. The van der Waals surface area contributed by atoms with Gasteiger partial charge in [-0.3, -0.25) is 9.36 Å². The van der Waals surface area contributed by atoms with Crippen molar-refractivity contribution in [1.82, 2.24) is 9.55 Å². The molecule has 0 aliphatic rings. The van der Waals surface area contributed by atoms with E-state index in [0.717, 1.165) is 38.0 Å². The van der Waals surface area contributed by atoms with Crippen LogP contribution in [0.2, 0.25) is 0 Å². The summed E-state index contributed by atoms with van der Waals surface area (Å²) in [6.45, 7) is 6.51. The minimum atomic E-state index is -0.372. The van der Waals surface area contributed by atoms with Gasteiger partial charge < -0.3 is 4.42 Å². The maximum atomic E-state index is 13.4. The fourth-order valence-corrected chi connectivity index (χ4v) is 6.01. The van der Waals surface area contributed by atoms with Gasteiger partial charge in [0, 0.05) is 34.7 Å². The van der Waals surface area contributed by atoms with Gasteiger partial charge in [0.25, 0.3) is 5.56 Å². The van der Waals surface area contributed by atoms with Crippen LogP contribution in [0.4, 0.5) is 0 Å². The van der Waals surface area contributed by atoms with Crippen molar-refractivity contribution in [2.75, 3.05) is 0 Å². The van der Waals surface area contributed by atoms with E-state index in [-0.39, 0.29) is 11.2 Å². The van der Waals surface area contributed by atoms with Crippen molar-refractivity contribution in [1.29, 1.82) is 0 Å². The topological polar surface area (TPSA) is 65.1 Å². The predicted octanol–water partition coefficient (Wildman–Crippen LogP) is 6.16. The number of aromatic nitrogens is 2. The smallest absolute Gasteiger partial charge is 0.336 e. The SMILES string of the molecule is CCn1c(SCc2cc(=O)oc3cc(C)c(C)cc23)nc2scc(-c3ccccc3)c2c1=O. The highest BCUT2D eigenvalue weighted by Crippen LogP contribution is 2.33. The van der Waals surface area contributed by atoms with Gasteiger partial charge in [-0.2, -0.15) is 0 Å². The van der Waals surface area contributed by atoms with Crippen molar-refractivity contribution in [3.05, 3.63) is 91.4 Å². The lowest BCUT2D eigenvalue weighted by atomic mass is 10.0. The summed E-state index contributed by atoms with van der Waals surface area (Å²) in [4.78, 5) is 31.2. The molecule has 0 atom stereocenters. The van der Waals surface area contributed by atoms with Crippen molar-refractivity contribution < 1.29 is 4.42 Å². The first-order valence-electron chi connectivity index (χ1n) is 10.7. The van der Waals surface area contributed by atoms with Gasteiger partial charge in [0.2, 0.25) is 0 Å². The number of benzene rings is 2. The average Bonchev–Trinajstić information content (AvgIpc) is 3.23. The summed E-state index contributed by atoms with van der Waals surface area (Å²) >= 11 is 2.95. The molecule has 0 radical (unpaired) electrons. The Balaban J connectivity index is 1.57. The van der Waals surface area contributed by atoms with Crippen LogP contribution in [0.15, 0.2) is 73.1 Å². The normalized spacial score (nSPS) is 11.5. The van der Waals surface area contributed by atoms with Crippen LogP contribution < -0.4 is 11.2 Å². The first kappa shape index (κ1) is 21.7. The van der Waals surface area contributed by atoms with E-state index in [0.29, 0.717) is 28.4 Å². The first-order chi connectivity index (χ1) is 16.0. The highest BCUT2D eigenvalue weighted by atomic mass is 32.2. The summed E-state index contributed by atoms with van der Waals surface area (Å²) in [5.74, 6) is 0.513. The number of aryl methyl sites for hydroxylation is 2. The number of thiophene rings is 1. The van der Waals surface area contributed by atoms with E-state index in [4.69, 9.17) is 9.40 Å². The minimum Gasteiger partial charge on any atom is -0.423 e. The summed E-state index contributed by atoms with van der Waals surface area (Å²) in [6, 6.07) is 15.4. The lowest BCUT2D eigenvalue weighted by Crippen LogP contribution is -2.22. The van der Waals surface area contributed by atoms with E-state index < -0.39 is 0 Å². The summed E-state index contributed by atoms with van der Waals surface area (Å²) in [5.41, 5.74) is 5.21. The number of thioether (sulfide) groups is 1. The lowest BCUT2D eigenvalue weighted by molar-refractivity contribution is 0.559. The molecule has 0 aliphatic heterocycles. The van der Waals surface area contributed by atoms with E-state index >= 15 is 0 Å². The third kappa shape index (κ3) is 3.92. The molecular weight excluding hydrogens is 452 g/mol. The van der Waals surface area contributed by atoms with Crippen molar-refractivity contribution in [3.8, 4) is 11.1 Å². The van der Waals surface area contributed by atoms with E-state index in [1.165, 1.54) is 29.2 Å². The summed E-state index contributed by atoms with van der Waals surface area (Å²) in [7, 11) is 0. The Bertz CT molecular complexity index is 1610. The molecule has 0 saturated heterocycles. The Kier molecular flexibility index (Phi) is 5.68. The Morgan fingerprint density at radius 1 is 1.06 bits per heavy atom.